The van der Waals surface area contributed by atoms with Crippen LogP contribution >= 0.6 is 0 Å². The second kappa shape index (κ2) is 10.1. The fourth-order valence-corrected chi connectivity index (χ4v) is 1.29. The van der Waals surface area contributed by atoms with Gasteiger partial charge in [0.05, 0.1) is 5.92 Å². The summed E-state index contributed by atoms with van der Waals surface area (Å²) >= 11 is 0. The fraction of sp³-hybridized carbons (Fsp3) is 0.900. The number of carboxylic acids is 1. The van der Waals surface area contributed by atoms with Gasteiger partial charge in [-0.1, -0.05) is 39.5 Å². The van der Waals surface area contributed by atoms with E-state index in [1.165, 1.54) is 0 Å². The number of carbonyl (C=O) groups is 1. The zero-order chi connectivity index (χ0) is 9.40. The van der Waals surface area contributed by atoms with Crippen LogP contribution in [0.3, 0.4) is 0 Å². The molecule has 0 aromatic rings. The van der Waals surface area contributed by atoms with Gasteiger partial charge >= 0.3 is 5.97 Å². The topological polar surface area (TPSA) is 37.3 Å². The summed E-state index contributed by atoms with van der Waals surface area (Å²) in [6.45, 7) is 4.19. The lowest BCUT2D eigenvalue weighted by Gasteiger charge is -2.10. The number of carboxylic acid groups (broad SMARTS) is 1. The molecule has 0 heterocycles. The molecule has 0 saturated carbocycles. The van der Waals surface area contributed by atoms with Crippen LogP contribution in [-0.4, -0.2) is 28.4 Å². The summed E-state index contributed by atoms with van der Waals surface area (Å²) in [4.78, 5) is 10.7. The molecule has 0 aliphatic heterocycles. The van der Waals surface area contributed by atoms with Crippen LogP contribution in [0.4, 0.5) is 0 Å². The Hall–Kier alpha value is 0.00247. The third kappa shape index (κ3) is 8.34. The monoisotopic (exact) mass is 202 g/mol. The first-order valence-corrected chi connectivity index (χ1v) is 4.95. The Kier molecular flexibility index (Phi) is 12.0. The maximum Gasteiger partial charge on any atom is 0.306 e. The van der Waals surface area contributed by atoms with Crippen LogP contribution in [0, 0.1) is 5.92 Å². The number of hydrogen-bond donors (Lipinski definition) is 1. The molecule has 78 valence electrons. The number of hydrogen-bond acceptors (Lipinski definition) is 1. The maximum atomic E-state index is 10.7. The second-order valence-electron chi connectivity index (χ2n) is 3.32. The van der Waals surface area contributed by atoms with Gasteiger partial charge in [-0.15, -0.1) is 0 Å². The summed E-state index contributed by atoms with van der Waals surface area (Å²) in [6.07, 6.45) is 5.98. The smallest absolute Gasteiger partial charge is 0.306 e. The lowest BCUT2D eigenvalue weighted by molar-refractivity contribution is -0.142. The Labute approximate surface area is 91.9 Å². The highest BCUT2D eigenvalue weighted by molar-refractivity contribution is 5.75. The van der Waals surface area contributed by atoms with Crippen molar-refractivity contribution in [3.63, 3.8) is 0 Å². The predicted molar refractivity (Wildman–Crippen MR) is 60.1 cm³/mol. The van der Waals surface area contributed by atoms with Crippen LogP contribution in [0.5, 0.6) is 0 Å². The molecule has 0 spiro atoms. The highest BCUT2D eigenvalue weighted by Crippen LogP contribution is 2.15. The van der Waals surface area contributed by atoms with Crippen LogP contribution in [0.25, 0.3) is 0 Å². The summed E-state index contributed by atoms with van der Waals surface area (Å²) in [5, 5.41) is 8.83. The van der Waals surface area contributed by atoms with Gasteiger partial charge in [0, 0.05) is 0 Å². The van der Waals surface area contributed by atoms with E-state index in [1.54, 1.807) is 0 Å². The van der Waals surface area contributed by atoms with E-state index < -0.39 is 5.97 Å². The Bertz CT molecular complexity index is 118. The quantitative estimate of drug-likeness (QED) is 0.640. The van der Waals surface area contributed by atoms with E-state index in [0.717, 1.165) is 38.5 Å². The van der Waals surface area contributed by atoms with E-state index in [-0.39, 0.29) is 23.3 Å². The summed E-state index contributed by atoms with van der Waals surface area (Å²) in [7, 11) is 0. The van der Waals surface area contributed by atoms with Gasteiger partial charge in [0.1, 0.15) is 0 Å². The van der Waals surface area contributed by atoms with Crippen molar-refractivity contribution in [3.05, 3.63) is 0 Å². The molecular formula is C10H23AlO2. The predicted octanol–water partition coefficient (Wildman–Crippen LogP) is 1.88. The van der Waals surface area contributed by atoms with Crippen molar-refractivity contribution in [3.8, 4) is 0 Å². The van der Waals surface area contributed by atoms with E-state index in [0.29, 0.717) is 0 Å². The average Bonchev–Trinajstić information content (AvgIpc) is 2.04. The standard InChI is InChI=1S/C10H20O2.Al.3H/c1-3-5-7-9(10(11)12)8-6-4-2;;;;/h9H,3-8H2,1-2H3,(H,11,12);;;;. The minimum Gasteiger partial charge on any atom is -0.481 e. The Morgan fingerprint density at radius 3 is 1.77 bits per heavy atom. The molecule has 0 rings (SSSR count). The first-order valence-electron chi connectivity index (χ1n) is 4.95. The van der Waals surface area contributed by atoms with Crippen molar-refractivity contribution in [1.82, 2.24) is 0 Å². The molecule has 0 amide bonds. The summed E-state index contributed by atoms with van der Waals surface area (Å²) < 4.78 is 0. The largest absolute Gasteiger partial charge is 0.481 e. The van der Waals surface area contributed by atoms with Crippen LogP contribution in [0.15, 0.2) is 0 Å². The van der Waals surface area contributed by atoms with Crippen LogP contribution in [-0.2, 0) is 4.79 Å². The van der Waals surface area contributed by atoms with E-state index in [2.05, 4.69) is 13.8 Å². The van der Waals surface area contributed by atoms with Crippen LogP contribution < -0.4 is 0 Å². The van der Waals surface area contributed by atoms with Gasteiger partial charge in [-0.3, -0.25) is 4.79 Å². The van der Waals surface area contributed by atoms with Gasteiger partial charge in [-0.25, -0.2) is 0 Å². The molecule has 0 unspecified atom stereocenters. The first kappa shape index (κ1) is 15.5. The molecule has 0 aromatic heterocycles. The molecule has 0 aliphatic carbocycles. The van der Waals surface area contributed by atoms with E-state index in [9.17, 15) is 4.79 Å². The minimum absolute atomic E-state index is 0. The van der Waals surface area contributed by atoms with Gasteiger partial charge in [0.2, 0.25) is 0 Å². The zero-order valence-corrected chi connectivity index (χ0v) is 8.18. The normalized spacial score (nSPS) is 9.77. The van der Waals surface area contributed by atoms with Gasteiger partial charge in [0.15, 0.2) is 17.4 Å². The number of unbranched alkanes of at least 4 members (excludes halogenated alkanes) is 2. The third-order valence-electron chi connectivity index (χ3n) is 2.16. The Morgan fingerprint density at radius 1 is 1.15 bits per heavy atom. The van der Waals surface area contributed by atoms with Gasteiger partial charge < -0.3 is 5.11 Å². The molecule has 3 heteroatoms. The third-order valence-corrected chi connectivity index (χ3v) is 2.16. The summed E-state index contributed by atoms with van der Waals surface area (Å²) in [5.74, 6) is -0.707. The van der Waals surface area contributed by atoms with Gasteiger partial charge in [-0.05, 0) is 12.8 Å². The van der Waals surface area contributed by atoms with Crippen molar-refractivity contribution < 1.29 is 9.90 Å². The lowest BCUT2D eigenvalue weighted by Crippen LogP contribution is -2.13. The van der Waals surface area contributed by atoms with Crippen molar-refractivity contribution in [2.75, 3.05) is 0 Å². The van der Waals surface area contributed by atoms with E-state index >= 15 is 0 Å². The van der Waals surface area contributed by atoms with Crippen molar-refractivity contribution in [2.24, 2.45) is 5.92 Å². The molecule has 0 bridgehead atoms. The SMILES string of the molecule is CCCCC(CCCC)C(=O)O.[AlH3]. The molecule has 2 nitrogen and oxygen atoms in total. The highest BCUT2D eigenvalue weighted by Gasteiger charge is 2.15. The molecular weight excluding hydrogens is 179 g/mol. The van der Waals surface area contributed by atoms with Gasteiger partial charge in [-0.2, -0.15) is 0 Å². The summed E-state index contributed by atoms with van der Waals surface area (Å²) in [5.41, 5.74) is 0. The van der Waals surface area contributed by atoms with Crippen LogP contribution in [0.1, 0.15) is 52.4 Å². The Morgan fingerprint density at radius 2 is 1.54 bits per heavy atom. The first-order chi connectivity index (χ1) is 5.72. The summed E-state index contributed by atoms with van der Waals surface area (Å²) in [6, 6.07) is 0. The fourth-order valence-electron chi connectivity index (χ4n) is 1.29. The van der Waals surface area contributed by atoms with E-state index in [4.69, 9.17) is 5.11 Å². The highest BCUT2D eigenvalue weighted by atomic mass is 27.0. The molecule has 0 radical (unpaired) electrons. The van der Waals surface area contributed by atoms with Crippen molar-refractivity contribution >= 4 is 23.3 Å². The van der Waals surface area contributed by atoms with Crippen molar-refractivity contribution in [1.29, 1.82) is 0 Å². The number of aliphatic carboxylic acids is 1. The molecule has 1 N–H and O–H groups in total. The average molecular weight is 202 g/mol. The molecule has 13 heavy (non-hydrogen) atoms. The van der Waals surface area contributed by atoms with E-state index in [1.807, 2.05) is 0 Å². The number of rotatable bonds is 7. The van der Waals surface area contributed by atoms with Gasteiger partial charge in [0.25, 0.3) is 0 Å². The second-order valence-corrected chi connectivity index (χ2v) is 3.32. The lowest BCUT2D eigenvalue weighted by atomic mass is 9.96. The molecule has 0 atom stereocenters. The molecule has 0 aromatic carbocycles. The molecule has 0 fully saturated rings. The van der Waals surface area contributed by atoms with Crippen LogP contribution in [0.2, 0.25) is 0 Å². The molecule has 0 aliphatic rings. The molecule has 0 saturated heterocycles. The Balaban J connectivity index is 0. The maximum absolute atomic E-state index is 10.7. The van der Waals surface area contributed by atoms with Crippen molar-refractivity contribution in [2.45, 2.75) is 52.4 Å². The minimum atomic E-state index is -0.614. The zero-order valence-electron chi connectivity index (χ0n) is 8.18.